The lowest BCUT2D eigenvalue weighted by Gasteiger charge is -2.10. The zero-order valence-electron chi connectivity index (χ0n) is 7.97. The molecule has 0 amide bonds. The van der Waals surface area contributed by atoms with Crippen LogP contribution in [-0.2, 0) is 0 Å². The number of halogens is 3. The Kier molecular flexibility index (Phi) is 6.33. The van der Waals surface area contributed by atoms with Crippen LogP contribution in [0.5, 0.6) is 0 Å². The molecule has 0 saturated carbocycles. The molecule has 4 heteroatoms. The van der Waals surface area contributed by atoms with E-state index in [2.05, 4.69) is 22.9 Å². The third kappa shape index (κ3) is 3.56. The Morgan fingerprint density at radius 1 is 1.50 bits per heavy atom. The molecule has 0 fully saturated rings. The van der Waals surface area contributed by atoms with Crippen molar-refractivity contribution in [1.82, 2.24) is 0 Å². The summed E-state index contributed by atoms with van der Waals surface area (Å²) in [5.74, 6) is -0.246. The van der Waals surface area contributed by atoms with Gasteiger partial charge in [-0.05, 0) is 40.0 Å². The van der Waals surface area contributed by atoms with E-state index in [1.54, 1.807) is 6.07 Å². The molecule has 0 aliphatic rings. The van der Waals surface area contributed by atoms with Gasteiger partial charge in [-0.15, -0.1) is 12.4 Å². The third-order valence-electron chi connectivity index (χ3n) is 1.97. The summed E-state index contributed by atoms with van der Waals surface area (Å²) in [4.78, 5) is 0. The Bertz CT molecular complexity index is 293. The maximum Gasteiger partial charge on any atom is 0.137 e. The Balaban J connectivity index is 0.00000169. The van der Waals surface area contributed by atoms with Gasteiger partial charge < -0.3 is 5.73 Å². The van der Waals surface area contributed by atoms with Crippen molar-refractivity contribution in [2.45, 2.75) is 25.8 Å². The quantitative estimate of drug-likeness (QED) is 0.896. The molecule has 1 atom stereocenters. The normalized spacial score (nSPS) is 12.0. The average molecular weight is 283 g/mol. The van der Waals surface area contributed by atoms with Crippen molar-refractivity contribution < 1.29 is 4.39 Å². The molecule has 2 N–H and O–H groups in total. The van der Waals surface area contributed by atoms with E-state index >= 15 is 0 Å². The highest BCUT2D eigenvalue weighted by Crippen LogP contribution is 2.21. The van der Waals surface area contributed by atoms with Crippen LogP contribution in [0.1, 0.15) is 31.4 Å². The van der Waals surface area contributed by atoms with E-state index in [4.69, 9.17) is 5.73 Å². The maximum absolute atomic E-state index is 13.1. The van der Waals surface area contributed by atoms with Crippen LogP contribution in [-0.4, -0.2) is 0 Å². The van der Waals surface area contributed by atoms with Crippen LogP contribution < -0.4 is 5.73 Å². The zero-order valence-corrected chi connectivity index (χ0v) is 10.4. The molecular weight excluding hydrogens is 268 g/mol. The van der Waals surface area contributed by atoms with Gasteiger partial charge in [-0.1, -0.05) is 19.4 Å². The first kappa shape index (κ1) is 13.9. The summed E-state index contributed by atoms with van der Waals surface area (Å²) in [5.41, 5.74) is 6.71. The number of benzene rings is 1. The van der Waals surface area contributed by atoms with Crippen LogP contribution in [0, 0.1) is 5.82 Å². The van der Waals surface area contributed by atoms with E-state index in [9.17, 15) is 4.39 Å². The van der Waals surface area contributed by atoms with Gasteiger partial charge in [-0.3, -0.25) is 0 Å². The lowest BCUT2D eigenvalue weighted by atomic mass is 10.0. The molecule has 14 heavy (non-hydrogen) atoms. The largest absolute Gasteiger partial charge is 0.324 e. The van der Waals surface area contributed by atoms with Gasteiger partial charge in [0.15, 0.2) is 0 Å². The number of rotatable bonds is 3. The number of hydrogen-bond donors (Lipinski definition) is 1. The molecule has 1 rings (SSSR count). The summed E-state index contributed by atoms with van der Waals surface area (Å²) in [7, 11) is 0. The van der Waals surface area contributed by atoms with Crippen LogP contribution in [0.2, 0.25) is 0 Å². The minimum absolute atomic E-state index is 0. The Hall–Kier alpha value is -0.120. The SMILES string of the molecule is CCC[C@H](N)c1ccc(Br)c(F)c1.Cl. The van der Waals surface area contributed by atoms with Crippen LogP contribution in [0.4, 0.5) is 4.39 Å². The zero-order chi connectivity index (χ0) is 9.84. The molecule has 0 heterocycles. The summed E-state index contributed by atoms with van der Waals surface area (Å²) in [6.45, 7) is 2.06. The second-order valence-corrected chi connectivity index (χ2v) is 3.92. The highest BCUT2D eigenvalue weighted by atomic mass is 79.9. The first-order valence-electron chi connectivity index (χ1n) is 4.35. The summed E-state index contributed by atoms with van der Waals surface area (Å²) >= 11 is 3.10. The predicted molar refractivity (Wildman–Crippen MR) is 63.2 cm³/mol. The number of hydrogen-bond acceptors (Lipinski definition) is 1. The Morgan fingerprint density at radius 3 is 2.64 bits per heavy atom. The van der Waals surface area contributed by atoms with Crippen LogP contribution in [0.25, 0.3) is 0 Å². The highest BCUT2D eigenvalue weighted by molar-refractivity contribution is 9.10. The van der Waals surface area contributed by atoms with Crippen molar-refractivity contribution >= 4 is 28.3 Å². The standard InChI is InChI=1S/C10H13BrFN.ClH/c1-2-3-10(13)7-4-5-8(11)9(12)6-7;/h4-6,10H,2-3,13H2,1H3;1H/t10-;/m0./s1. The minimum atomic E-state index is -0.246. The molecule has 1 aromatic carbocycles. The van der Waals surface area contributed by atoms with Gasteiger partial charge in [-0.2, -0.15) is 0 Å². The number of nitrogens with two attached hydrogens (primary N) is 1. The van der Waals surface area contributed by atoms with E-state index in [1.807, 2.05) is 6.07 Å². The molecular formula is C10H14BrClFN. The van der Waals surface area contributed by atoms with Gasteiger partial charge in [0.2, 0.25) is 0 Å². The van der Waals surface area contributed by atoms with E-state index in [-0.39, 0.29) is 24.3 Å². The molecule has 0 aromatic heterocycles. The van der Waals surface area contributed by atoms with Gasteiger partial charge in [0.1, 0.15) is 5.82 Å². The first-order valence-corrected chi connectivity index (χ1v) is 5.15. The van der Waals surface area contributed by atoms with Crippen molar-refractivity contribution in [2.75, 3.05) is 0 Å². The van der Waals surface area contributed by atoms with Crippen LogP contribution in [0.15, 0.2) is 22.7 Å². The molecule has 0 radical (unpaired) electrons. The van der Waals surface area contributed by atoms with Crippen LogP contribution >= 0.6 is 28.3 Å². The molecule has 1 aromatic rings. The van der Waals surface area contributed by atoms with Crippen molar-refractivity contribution in [3.8, 4) is 0 Å². The molecule has 0 bridgehead atoms. The van der Waals surface area contributed by atoms with Crippen molar-refractivity contribution in [1.29, 1.82) is 0 Å². The lowest BCUT2D eigenvalue weighted by molar-refractivity contribution is 0.600. The molecule has 0 unspecified atom stereocenters. The van der Waals surface area contributed by atoms with E-state index in [1.165, 1.54) is 6.07 Å². The smallest absolute Gasteiger partial charge is 0.137 e. The topological polar surface area (TPSA) is 26.0 Å². The van der Waals surface area contributed by atoms with Crippen molar-refractivity contribution in [2.24, 2.45) is 5.73 Å². The summed E-state index contributed by atoms with van der Waals surface area (Å²) in [5, 5.41) is 0. The van der Waals surface area contributed by atoms with Gasteiger partial charge in [0.05, 0.1) is 4.47 Å². The van der Waals surface area contributed by atoms with E-state index in [0.717, 1.165) is 18.4 Å². The van der Waals surface area contributed by atoms with Crippen molar-refractivity contribution in [3.05, 3.63) is 34.1 Å². The van der Waals surface area contributed by atoms with E-state index < -0.39 is 0 Å². The second-order valence-electron chi connectivity index (χ2n) is 3.07. The molecule has 0 aliphatic carbocycles. The Labute approximate surface area is 98.4 Å². The average Bonchev–Trinajstić information content (AvgIpc) is 2.10. The van der Waals surface area contributed by atoms with Crippen molar-refractivity contribution in [3.63, 3.8) is 0 Å². The minimum Gasteiger partial charge on any atom is -0.324 e. The molecule has 80 valence electrons. The monoisotopic (exact) mass is 281 g/mol. The summed E-state index contributed by atoms with van der Waals surface area (Å²) in [6.07, 6.45) is 1.90. The maximum atomic E-state index is 13.1. The molecule has 1 nitrogen and oxygen atoms in total. The van der Waals surface area contributed by atoms with Gasteiger partial charge >= 0.3 is 0 Å². The fraction of sp³-hybridized carbons (Fsp3) is 0.400. The van der Waals surface area contributed by atoms with Gasteiger partial charge in [-0.25, -0.2) is 4.39 Å². The third-order valence-corrected chi connectivity index (χ3v) is 2.61. The summed E-state index contributed by atoms with van der Waals surface area (Å²) in [6, 6.07) is 4.99. The predicted octanol–water partition coefficient (Wildman–Crippen LogP) is 3.81. The highest BCUT2D eigenvalue weighted by Gasteiger charge is 2.07. The summed E-state index contributed by atoms with van der Waals surface area (Å²) < 4.78 is 13.6. The van der Waals surface area contributed by atoms with E-state index in [0.29, 0.717) is 4.47 Å². The van der Waals surface area contributed by atoms with Gasteiger partial charge in [0.25, 0.3) is 0 Å². The molecule has 0 aliphatic heterocycles. The molecule has 0 spiro atoms. The lowest BCUT2D eigenvalue weighted by Crippen LogP contribution is -2.09. The van der Waals surface area contributed by atoms with Crippen LogP contribution in [0.3, 0.4) is 0 Å². The second kappa shape index (κ2) is 6.38. The first-order chi connectivity index (χ1) is 6.15. The Morgan fingerprint density at radius 2 is 2.14 bits per heavy atom. The fourth-order valence-electron chi connectivity index (χ4n) is 1.22. The molecule has 0 saturated heterocycles. The fourth-order valence-corrected chi connectivity index (χ4v) is 1.47. The van der Waals surface area contributed by atoms with Gasteiger partial charge in [0, 0.05) is 6.04 Å².